The lowest BCUT2D eigenvalue weighted by molar-refractivity contribution is -0.171. The van der Waals surface area contributed by atoms with Gasteiger partial charge in [-0.1, -0.05) is 0 Å². The lowest BCUT2D eigenvalue weighted by Crippen LogP contribution is -2.46. The second-order valence-electron chi connectivity index (χ2n) is 2.82. The van der Waals surface area contributed by atoms with Crippen molar-refractivity contribution in [1.29, 1.82) is 0 Å². The highest BCUT2D eigenvalue weighted by Crippen LogP contribution is 2.20. The first kappa shape index (κ1) is 11.2. The summed E-state index contributed by atoms with van der Waals surface area (Å²) in [5.74, 6) is -2.49. The summed E-state index contributed by atoms with van der Waals surface area (Å²) in [7, 11) is -4.37. The van der Waals surface area contributed by atoms with Gasteiger partial charge in [-0.15, -0.1) is 0 Å². The van der Waals surface area contributed by atoms with Crippen LogP contribution in [-0.4, -0.2) is 26.5 Å². The van der Waals surface area contributed by atoms with Gasteiger partial charge in [0.1, 0.15) is 0 Å². The maximum absolute atomic E-state index is 11.6. The SMILES string of the molecule is O=C(NS(=O)(=O)NC1CC1)C(F)(F)F. The van der Waals surface area contributed by atoms with E-state index in [4.69, 9.17) is 0 Å². The van der Waals surface area contributed by atoms with E-state index in [1.807, 2.05) is 4.72 Å². The molecule has 0 aromatic rings. The van der Waals surface area contributed by atoms with Gasteiger partial charge in [-0.25, -0.2) is 4.72 Å². The summed E-state index contributed by atoms with van der Waals surface area (Å²) < 4.78 is 59.2. The Kier molecular flexibility index (Phi) is 2.72. The number of amides is 1. The Morgan fingerprint density at radius 1 is 1.29 bits per heavy atom. The third-order valence-electron chi connectivity index (χ3n) is 1.38. The van der Waals surface area contributed by atoms with Crippen molar-refractivity contribution in [2.75, 3.05) is 0 Å². The summed E-state index contributed by atoms with van der Waals surface area (Å²) in [6, 6.07) is -0.353. The summed E-state index contributed by atoms with van der Waals surface area (Å²) in [6.07, 6.45) is -4.06. The van der Waals surface area contributed by atoms with Crippen LogP contribution < -0.4 is 9.44 Å². The fraction of sp³-hybridized carbons (Fsp3) is 0.800. The topological polar surface area (TPSA) is 75.3 Å². The normalized spacial score (nSPS) is 17.9. The molecule has 0 aromatic heterocycles. The molecule has 1 rings (SSSR count). The molecule has 1 fully saturated rings. The molecule has 9 heteroatoms. The van der Waals surface area contributed by atoms with E-state index < -0.39 is 22.3 Å². The summed E-state index contributed by atoms with van der Waals surface area (Å²) in [6.45, 7) is 0. The van der Waals surface area contributed by atoms with E-state index in [0.29, 0.717) is 12.8 Å². The van der Waals surface area contributed by atoms with Crippen molar-refractivity contribution in [1.82, 2.24) is 9.44 Å². The quantitative estimate of drug-likeness (QED) is 0.699. The minimum Gasteiger partial charge on any atom is -0.263 e. The third kappa shape index (κ3) is 3.50. The lowest BCUT2D eigenvalue weighted by atomic mass is 10.6. The Bertz CT molecular complexity index is 333. The van der Waals surface area contributed by atoms with E-state index in [-0.39, 0.29) is 6.04 Å². The average Bonchev–Trinajstić information content (AvgIpc) is 2.66. The van der Waals surface area contributed by atoms with E-state index in [0.717, 1.165) is 4.72 Å². The largest absolute Gasteiger partial charge is 0.472 e. The molecule has 1 saturated carbocycles. The zero-order valence-electron chi connectivity index (χ0n) is 6.76. The number of halogens is 3. The standard InChI is InChI=1S/C5H7F3N2O3S/c6-5(7,8)4(11)10-14(12,13)9-3-1-2-3/h3,9H,1-2H2,(H,10,11). The first-order valence-corrected chi connectivity index (χ1v) is 5.10. The lowest BCUT2D eigenvalue weighted by Gasteiger charge is -2.08. The molecule has 0 unspecified atom stereocenters. The smallest absolute Gasteiger partial charge is 0.263 e. The van der Waals surface area contributed by atoms with E-state index in [9.17, 15) is 26.4 Å². The molecular formula is C5H7F3N2O3S. The number of carbonyl (C=O) groups excluding carboxylic acids is 1. The second kappa shape index (κ2) is 3.39. The highest BCUT2D eigenvalue weighted by atomic mass is 32.2. The molecule has 0 aliphatic heterocycles. The van der Waals surface area contributed by atoms with Crippen LogP contribution in [0.1, 0.15) is 12.8 Å². The molecule has 0 bridgehead atoms. The van der Waals surface area contributed by atoms with Crippen molar-refractivity contribution < 1.29 is 26.4 Å². The summed E-state index contributed by atoms with van der Waals surface area (Å²) >= 11 is 0. The maximum atomic E-state index is 11.6. The predicted molar refractivity (Wildman–Crippen MR) is 39.3 cm³/mol. The summed E-state index contributed by atoms with van der Waals surface area (Å²) in [5, 5.41) is 0. The first-order chi connectivity index (χ1) is 6.21. The number of hydrogen-bond donors (Lipinski definition) is 2. The van der Waals surface area contributed by atoms with Crippen molar-refractivity contribution in [3.63, 3.8) is 0 Å². The molecule has 1 amide bonds. The average molecular weight is 232 g/mol. The number of nitrogens with one attached hydrogen (secondary N) is 2. The Labute approximate surface area is 77.8 Å². The fourth-order valence-corrected chi connectivity index (χ4v) is 1.72. The molecule has 0 saturated heterocycles. The van der Waals surface area contributed by atoms with Gasteiger partial charge in [0.25, 0.3) is 0 Å². The maximum Gasteiger partial charge on any atom is 0.472 e. The monoisotopic (exact) mass is 232 g/mol. The van der Waals surface area contributed by atoms with Gasteiger partial charge in [-0.05, 0) is 12.8 Å². The molecule has 0 spiro atoms. The third-order valence-corrected chi connectivity index (χ3v) is 2.48. The Hall–Kier alpha value is -0.830. The van der Waals surface area contributed by atoms with E-state index >= 15 is 0 Å². The number of carbonyl (C=O) groups is 1. The molecule has 82 valence electrons. The van der Waals surface area contributed by atoms with Crippen LogP contribution in [-0.2, 0) is 15.0 Å². The van der Waals surface area contributed by atoms with Gasteiger partial charge in [-0.3, -0.25) is 4.79 Å². The van der Waals surface area contributed by atoms with Crippen molar-refractivity contribution in [2.45, 2.75) is 25.1 Å². The van der Waals surface area contributed by atoms with Crippen LogP contribution in [0, 0.1) is 0 Å². The number of hydrogen-bond acceptors (Lipinski definition) is 3. The zero-order valence-corrected chi connectivity index (χ0v) is 7.57. The second-order valence-corrected chi connectivity index (χ2v) is 4.27. The van der Waals surface area contributed by atoms with Gasteiger partial charge in [0.05, 0.1) is 0 Å². The molecule has 0 atom stereocenters. The van der Waals surface area contributed by atoms with Crippen LogP contribution in [0.4, 0.5) is 13.2 Å². The molecule has 0 aromatic carbocycles. The number of alkyl halides is 3. The van der Waals surface area contributed by atoms with Crippen LogP contribution >= 0.6 is 0 Å². The van der Waals surface area contributed by atoms with Crippen LogP contribution in [0.3, 0.4) is 0 Å². The first-order valence-electron chi connectivity index (χ1n) is 3.62. The molecule has 1 aliphatic rings. The van der Waals surface area contributed by atoms with Gasteiger partial charge < -0.3 is 0 Å². The van der Waals surface area contributed by atoms with Crippen LogP contribution in [0.5, 0.6) is 0 Å². The van der Waals surface area contributed by atoms with Crippen molar-refractivity contribution in [2.24, 2.45) is 0 Å². The van der Waals surface area contributed by atoms with Gasteiger partial charge >= 0.3 is 22.3 Å². The minimum absolute atomic E-state index is 0.353. The minimum atomic E-state index is -5.20. The van der Waals surface area contributed by atoms with Gasteiger partial charge in [-0.2, -0.15) is 26.3 Å². The van der Waals surface area contributed by atoms with Crippen LogP contribution in [0.25, 0.3) is 0 Å². The van der Waals surface area contributed by atoms with Crippen LogP contribution in [0.15, 0.2) is 0 Å². The molecule has 0 heterocycles. The van der Waals surface area contributed by atoms with Gasteiger partial charge in [0, 0.05) is 6.04 Å². The Morgan fingerprint density at radius 3 is 2.14 bits per heavy atom. The molecular weight excluding hydrogens is 225 g/mol. The van der Waals surface area contributed by atoms with E-state index in [1.165, 1.54) is 0 Å². The predicted octanol–water partition coefficient (Wildman–Crippen LogP) is -0.338. The molecule has 5 nitrogen and oxygen atoms in total. The van der Waals surface area contributed by atoms with E-state index in [2.05, 4.69) is 0 Å². The van der Waals surface area contributed by atoms with Crippen molar-refractivity contribution in [3.8, 4) is 0 Å². The fourth-order valence-electron chi connectivity index (χ4n) is 0.630. The van der Waals surface area contributed by atoms with Crippen LogP contribution in [0.2, 0.25) is 0 Å². The molecule has 14 heavy (non-hydrogen) atoms. The van der Waals surface area contributed by atoms with Gasteiger partial charge in [0.15, 0.2) is 0 Å². The van der Waals surface area contributed by atoms with Gasteiger partial charge in [0.2, 0.25) is 0 Å². The van der Waals surface area contributed by atoms with E-state index in [1.54, 1.807) is 0 Å². The number of rotatable bonds is 3. The van der Waals surface area contributed by atoms with Crippen molar-refractivity contribution >= 4 is 16.1 Å². The highest BCUT2D eigenvalue weighted by Gasteiger charge is 2.41. The zero-order chi connectivity index (χ0) is 11.0. The molecule has 2 N–H and O–H groups in total. The summed E-state index contributed by atoms with van der Waals surface area (Å²) in [4.78, 5) is 10.2. The molecule has 0 radical (unpaired) electrons. The van der Waals surface area contributed by atoms with Crippen molar-refractivity contribution in [3.05, 3.63) is 0 Å². The Morgan fingerprint density at radius 2 is 1.79 bits per heavy atom. The Balaban J connectivity index is 2.53. The summed E-state index contributed by atoms with van der Waals surface area (Å²) in [5.41, 5.74) is 0. The molecule has 1 aliphatic carbocycles. The highest BCUT2D eigenvalue weighted by molar-refractivity contribution is 7.88.